The molecule has 0 spiro atoms. The van der Waals surface area contributed by atoms with Gasteiger partial charge in [-0.25, -0.2) is 0 Å². The highest BCUT2D eigenvalue weighted by Crippen LogP contribution is 2.64. The third-order valence-electron chi connectivity index (χ3n) is 8.30. The van der Waals surface area contributed by atoms with Crippen molar-refractivity contribution in [2.45, 2.75) is 81.1 Å². The largest absolute Gasteiger partial charge is 0.458 e. The molecule has 158 valence electrons. The third kappa shape index (κ3) is 3.00. The number of hydrogen-bond donors (Lipinski definition) is 3. The molecular weight excluding hydrogens is 388 g/mol. The molecule has 1 saturated heterocycles. The van der Waals surface area contributed by atoms with Gasteiger partial charge in [-0.2, -0.15) is 17.9 Å². The molecule has 5 aliphatic carbocycles. The van der Waals surface area contributed by atoms with Crippen molar-refractivity contribution in [3.05, 3.63) is 0 Å². The molecule has 7 nitrogen and oxygen atoms in total. The Hall–Kier alpha value is -1.30. The second kappa shape index (κ2) is 6.60. The van der Waals surface area contributed by atoms with Crippen LogP contribution in [0.3, 0.4) is 0 Å². The first-order valence-electron chi connectivity index (χ1n) is 10.9. The summed E-state index contributed by atoms with van der Waals surface area (Å²) in [6.07, 6.45) is 7.03. The molecule has 6 aliphatic rings. The number of ether oxygens (including phenoxy) is 1. The smallest absolute Gasteiger partial charge is 0.324 e. The normalized spacial score (nSPS) is 46.0. The van der Waals surface area contributed by atoms with Crippen LogP contribution in [0, 0.1) is 34.5 Å². The van der Waals surface area contributed by atoms with E-state index in [1.54, 1.807) is 4.90 Å². The second-order valence-corrected chi connectivity index (χ2v) is 10.7. The van der Waals surface area contributed by atoms with E-state index in [2.05, 4.69) is 18.7 Å². The molecule has 0 aromatic rings. The van der Waals surface area contributed by atoms with Gasteiger partial charge in [0.1, 0.15) is 17.7 Å². The molecule has 6 rings (SSSR count). The quantitative estimate of drug-likeness (QED) is 0.452. The lowest BCUT2D eigenvalue weighted by Crippen LogP contribution is -2.66. The molecule has 29 heavy (non-hydrogen) atoms. The number of nitriles is 1. The lowest BCUT2D eigenvalue weighted by molar-refractivity contribution is -0.206. The van der Waals surface area contributed by atoms with Gasteiger partial charge in [0, 0.05) is 11.8 Å². The molecule has 1 amide bonds. The Morgan fingerprint density at radius 2 is 1.86 bits per heavy atom. The Morgan fingerprint density at radius 3 is 2.48 bits per heavy atom. The second-order valence-electron chi connectivity index (χ2n) is 10.4. The van der Waals surface area contributed by atoms with Crippen LogP contribution < -0.4 is 11.5 Å². The molecule has 4 N–H and O–H groups in total. The van der Waals surface area contributed by atoms with Gasteiger partial charge in [-0.1, -0.05) is 0 Å². The minimum Gasteiger partial charge on any atom is -0.458 e. The summed E-state index contributed by atoms with van der Waals surface area (Å²) in [4.78, 5) is 27.7. The maximum absolute atomic E-state index is 13.5. The Bertz CT molecular complexity index is 768. The van der Waals surface area contributed by atoms with E-state index in [9.17, 15) is 14.9 Å². The standard InChI is InChI=1S/C21H30N4O3S/c22-8-14-2-13-3-16(13)25(14)18(26)17(24)20-4-11-1-12(5-20)7-21(6-11,10-20)28-19(27)15(23)9-29/h11-17,29H,1-7,9-10,23-24H2/t11?,12?,13-,14+,15-,16+,17-,20?,21?/m1/s1. The van der Waals surface area contributed by atoms with Crippen molar-refractivity contribution < 1.29 is 14.3 Å². The summed E-state index contributed by atoms with van der Waals surface area (Å²) < 4.78 is 6.01. The first-order chi connectivity index (χ1) is 13.8. The highest BCUT2D eigenvalue weighted by atomic mass is 32.1. The van der Waals surface area contributed by atoms with Crippen molar-refractivity contribution in [3.63, 3.8) is 0 Å². The van der Waals surface area contributed by atoms with E-state index in [1.165, 1.54) is 0 Å². The van der Waals surface area contributed by atoms with Crippen LogP contribution >= 0.6 is 12.6 Å². The van der Waals surface area contributed by atoms with Crippen molar-refractivity contribution in [2.24, 2.45) is 34.6 Å². The van der Waals surface area contributed by atoms with Crippen LogP contribution in [0.2, 0.25) is 0 Å². The van der Waals surface area contributed by atoms with Gasteiger partial charge in [0.25, 0.3) is 0 Å². The van der Waals surface area contributed by atoms with E-state index >= 15 is 0 Å². The summed E-state index contributed by atoms with van der Waals surface area (Å²) in [6, 6.07) is 0.786. The summed E-state index contributed by atoms with van der Waals surface area (Å²) in [5.74, 6) is 1.10. The first-order valence-corrected chi connectivity index (χ1v) is 11.5. The van der Waals surface area contributed by atoms with E-state index in [4.69, 9.17) is 16.2 Å². The van der Waals surface area contributed by atoms with Crippen molar-refractivity contribution in [3.8, 4) is 6.07 Å². The SMILES string of the molecule is N#C[C@@H]1C[C@@H]2C[C@@H]2N1C(=O)[C@@H](N)C12CC3CC(CC(OC(=O)[C@H](N)CS)(C3)C1)C2. The molecule has 4 bridgehead atoms. The summed E-state index contributed by atoms with van der Waals surface area (Å²) in [6.45, 7) is 0. The molecule has 0 aromatic heterocycles. The van der Waals surface area contributed by atoms with Gasteiger partial charge in [-0.15, -0.1) is 0 Å². The summed E-state index contributed by atoms with van der Waals surface area (Å²) in [5, 5.41) is 9.49. The molecule has 1 aliphatic heterocycles. The predicted molar refractivity (Wildman–Crippen MR) is 109 cm³/mol. The maximum Gasteiger partial charge on any atom is 0.324 e. The van der Waals surface area contributed by atoms with Crippen molar-refractivity contribution in [1.29, 1.82) is 5.26 Å². The fourth-order valence-electron chi connectivity index (χ4n) is 7.41. The lowest BCUT2D eigenvalue weighted by Gasteiger charge is -2.62. The van der Waals surface area contributed by atoms with Crippen LogP contribution in [0.5, 0.6) is 0 Å². The van der Waals surface area contributed by atoms with Gasteiger partial charge in [0.05, 0.1) is 12.1 Å². The Morgan fingerprint density at radius 1 is 1.17 bits per heavy atom. The van der Waals surface area contributed by atoms with Crippen LogP contribution in [0.15, 0.2) is 0 Å². The summed E-state index contributed by atoms with van der Waals surface area (Å²) in [5.41, 5.74) is 11.6. The molecule has 0 aromatic carbocycles. The number of nitrogens with zero attached hydrogens (tertiary/aromatic N) is 2. The first kappa shape index (κ1) is 19.7. The number of amides is 1. The molecular formula is C21H30N4O3S. The molecule has 1 heterocycles. The van der Waals surface area contributed by atoms with Gasteiger partial charge >= 0.3 is 5.97 Å². The number of likely N-dealkylation sites (tertiary alicyclic amines) is 1. The minimum atomic E-state index is -0.731. The highest BCUT2D eigenvalue weighted by Gasteiger charge is 2.64. The number of carbonyl (C=O) groups excluding carboxylic acids is 2. The fourth-order valence-corrected chi connectivity index (χ4v) is 7.56. The number of thiol groups is 1. The van der Waals surface area contributed by atoms with E-state index in [-0.39, 0.29) is 29.2 Å². The number of rotatable bonds is 5. The van der Waals surface area contributed by atoms with Crippen molar-refractivity contribution in [1.82, 2.24) is 4.90 Å². The number of carbonyl (C=O) groups is 2. The Balaban J connectivity index is 1.39. The van der Waals surface area contributed by atoms with Crippen molar-refractivity contribution in [2.75, 3.05) is 5.75 Å². The zero-order chi connectivity index (χ0) is 20.6. The number of piperidine rings is 1. The van der Waals surface area contributed by atoms with Crippen molar-refractivity contribution >= 4 is 24.5 Å². The molecule has 0 radical (unpaired) electrons. The Kier molecular flexibility index (Phi) is 4.47. The zero-order valence-corrected chi connectivity index (χ0v) is 17.5. The van der Waals surface area contributed by atoms with E-state index < -0.39 is 23.7 Å². The molecule has 6 fully saturated rings. The van der Waals surface area contributed by atoms with E-state index in [0.717, 1.165) is 44.9 Å². The lowest BCUT2D eigenvalue weighted by atomic mass is 9.46. The molecule has 2 unspecified atom stereocenters. The highest BCUT2D eigenvalue weighted by molar-refractivity contribution is 7.80. The number of esters is 1. The zero-order valence-electron chi connectivity index (χ0n) is 16.6. The van der Waals surface area contributed by atoms with Crippen LogP contribution in [0.1, 0.15) is 51.4 Å². The molecule has 5 saturated carbocycles. The fraction of sp³-hybridized carbons (Fsp3) is 0.857. The average Bonchev–Trinajstić information content (AvgIpc) is 3.34. The van der Waals surface area contributed by atoms with Gasteiger partial charge in [0.2, 0.25) is 5.91 Å². The van der Waals surface area contributed by atoms with Crippen LogP contribution in [0.25, 0.3) is 0 Å². The van der Waals surface area contributed by atoms with Gasteiger partial charge in [-0.3, -0.25) is 9.59 Å². The number of hydrogen-bond acceptors (Lipinski definition) is 7. The van der Waals surface area contributed by atoms with E-state index in [0.29, 0.717) is 24.2 Å². The predicted octanol–water partition coefficient (Wildman–Crippen LogP) is 0.966. The maximum atomic E-state index is 13.5. The topological polar surface area (TPSA) is 122 Å². The van der Waals surface area contributed by atoms with Crippen LogP contribution in [-0.4, -0.2) is 52.3 Å². The van der Waals surface area contributed by atoms with Crippen LogP contribution in [0.4, 0.5) is 0 Å². The third-order valence-corrected chi connectivity index (χ3v) is 8.70. The minimum absolute atomic E-state index is 0.0722. The number of nitrogens with two attached hydrogens (primary N) is 2. The number of fused-ring (bicyclic) bond motifs is 1. The summed E-state index contributed by atoms with van der Waals surface area (Å²) in [7, 11) is 0. The van der Waals surface area contributed by atoms with Gasteiger partial charge in [0.15, 0.2) is 0 Å². The van der Waals surface area contributed by atoms with E-state index in [1.807, 2.05) is 0 Å². The average molecular weight is 419 g/mol. The van der Waals surface area contributed by atoms with Gasteiger partial charge < -0.3 is 21.1 Å². The van der Waals surface area contributed by atoms with Gasteiger partial charge in [-0.05, 0) is 74.5 Å². The Labute approximate surface area is 176 Å². The molecule has 8 heteroatoms. The molecule has 7 atom stereocenters. The monoisotopic (exact) mass is 418 g/mol. The summed E-state index contributed by atoms with van der Waals surface area (Å²) >= 11 is 4.12. The van der Waals surface area contributed by atoms with Crippen LogP contribution in [-0.2, 0) is 14.3 Å².